The lowest BCUT2D eigenvalue weighted by molar-refractivity contribution is -0.121. The van der Waals surface area contributed by atoms with Crippen LogP contribution in [0.2, 0.25) is 10.0 Å². The number of carbonyl (C=O) groups excluding carboxylic acids is 1. The predicted molar refractivity (Wildman–Crippen MR) is 102 cm³/mol. The van der Waals surface area contributed by atoms with Crippen molar-refractivity contribution >= 4 is 29.1 Å². The summed E-state index contributed by atoms with van der Waals surface area (Å²) in [6.45, 7) is 3.79. The zero-order valence-corrected chi connectivity index (χ0v) is 16.3. The summed E-state index contributed by atoms with van der Waals surface area (Å²) in [5, 5.41) is 17.8. The Balaban J connectivity index is 1.83. The number of hydrogen-bond acceptors (Lipinski definition) is 3. The minimum atomic E-state index is -0.710. The average molecular weight is 391 g/mol. The maximum absolute atomic E-state index is 12.5. The van der Waals surface area contributed by atoms with E-state index in [2.05, 4.69) is 16.5 Å². The fourth-order valence-electron chi connectivity index (χ4n) is 3.51. The summed E-state index contributed by atoms with van der Waals surface area (Å²) in [5.74, 6) is -0.145. The van der Waals surface area contributed by atoms with Crippen LogP contribution in [0.25, 0.3) is 5.69 Å². The number of aromatic nitrogens is 2. The number of halogens is 2. The molecule has 0 saturated heterocycles. The lowest BCUT2D eigenvalue weighted by Gasteiger charge is -2.22. The van der Waals surface area contributed by atoms with E-state index in [9.17, 15) is 10.1 Å². The van der Waals surface area contributed by atoms with Gasteiger partial charge in [0.25, 0.3) is 0 Å². The van der Waals surface area contributed by atoms with Crippen molar-refractivity contribution in [1.29, 1.82) is 5.26 Å². The smallest absolute Gasteiger partial charge is 0.225 e. The Labute approximate surface area is 162 Å². The lowest BCUT2D eigenvalue weighted by atomic mass is 9.99. The third-order valence-electron chi connectivity index (χ3n) is 4.98. The highest BCUT2D eigenvalue weighted by Crippen LogP contribution is 2.29. The van der Waals surface area contributed by atoms with Crippen molar-refractivity contribution in [2.24, 2.45) is 0 Å². The Morgan fingerprint density at radius 2 is 2.00 bits per heavy atom. The van der Waals surface area contributed by atoms with Crippen molar-refractivity contribution in [2.45, 2.75) is 51.5 Å². The molecule has 0 bridgehead atoms. The topological polar surface area (TPSA) is 70.7 Å². The van der Waals surface area contributed by atoms with Crippen LogP contribution in [0.4, 0.5) is 0 Å². The van der Waals surface area contributed by atoms with E-state index in [-0.39, 0.29) is 12.3 Å². The summed E-state index contributed by atoms with van der Waals surface area (Å²) in [6.07, 6.45) is 3.58. The fourth-order valence-corrected chi connectivity index (χ4v) is 3.81. The molecular weight excluding hydrogens is 371 g/mol. The van der Waals surface area contributed by atoms with Gasteiger partial charge < -0.3 is 5.32 Å². The van der Waals surface area contributed by atoms with Gasteiger partial charge in [-0.3, -0.25) is 4.79 Å². The molecule has 1 N–H and O–H groups in total. The van der Waals surface area contributed by atoms with Crippen LogP contribution in [-0.4, -0.2) is 21.2 Å². The minimum Gasteiger partial charge on any atom is -0.338 e. The van der Waals surface area contributed by atoms with Crippen LogP contribution in [0.1, 0.15) is 42.6 Å². The van der Waals surface area contributed by atoms with Crippen LogP contribution in [-0.2, 0) is 11.2 Å². The van der Waals surface area contributed by atoms with E-state index in [1.807, 2.05) is 19.9 Å². The third kappa shape index (κ3) is 3.58. The average Bonchev–Trinajstić information content (AvgIpc) is 3.18. The third-order valence-corrected chi connectivity index (χ3v) is 5.72. The number of carbonyl (C=O) groups is 1. The van der Waals surface area contributed by atoms with Crippen molar-refractivity contribution in [1.82, 2.24) is 15.1 Å². The quantitative estimate of drug-likeness (QED) is 0.845. The molecule has 1 saturated carbocycles. The van der Waals surface area contributed by atoms with Gasteiger partial charge in [-0.05, 0) is 57.7 Å². The van der Waals surface area contributed by atoms with Crippen molar-refractivity contribution < 1.29 is 4.79 Å². The molecule has 2 aromatic rings. The molecule has 26 heavy (non-hydrogen) atoms. The standard InChI is InChI=1S/C19H20Cl2N4O/c1-12-15(10-18(26)23-19(11-22)7-3-4-8-19)13(2)25(24-12)14-5-6-16(20)17(21)9-14/h5-6,9H,3-4,7-8,10H2,1-2H3,(H,23,26). The summed E-state index contributed by atoms with van der Waals surface area (Å²) in [4.78, 5) is 12.5. The number of amides is 1. The number of nitrogens with one attached hydrogen (secondary N) is 1. The molecule has 5 nitrogen and oxygen atoms in total. The first-order valence-corrected chi connectivity index (χ1v) is 9.33. The van der Waals surface area contributed by atoms with E-state index in [1.54, 1.807) is 16.8 Å². The normalized spacial score (nSPS) is 15.7. The van der Waals surface area contributed by atoms with Crippen LogP contribution in [0, 0.1) is 25.2 Å². The number of benzene rings is 1. The molecule has 1 fully saturated rings. The van der Waals surface area contributed by atoms with Crippen LogP contribution in [0.15, 0.2) is 18.2 Å². The molecule has 0 radical (unpaired) electrons. The lowest BCUT2D eigenvalue weighted by Crippen LogP contribution is -2.45. The van der Waals surface area contributed by atoms with Crippen molar-refractivity contribution in [3.05, 3.63) is 45.2 Å². The maximum Gasteiger partial charge on any atom is 0.225 e. The maximum atomic E-state index is 12.5. The molecule has 7 heteroatoms. The molecule has 1 aromatic carbocycles. The van der Waals surface area contributed by atoms with E-state index in [0.717, 1.165) is 48.3 Å². The van der Waals surface area contributed by atoms with Gasteiger partial charge in [0.15, 0.2) is 0 Å². The molecular formula is C19H20Cl2N4O. The summed E-state index contributed by atoms with van der Waals surface area (Å²) in [7, 11) is 0. The van der Waals surface area contributed by atoms with Crippen LogP contribution in [0.3, 0.4) is 0 Å². The van der Waals surface area contributed by atoms with Crippen molar-refractivity contribution in [3.8, 4) is 11.8 Å². The zero-order chi connectivity index (χ0) is 18.9. The number of nitriles is 1. The molecule has 3 rings (SSSR count). The number of rotatable bonds is 4. The van der Waals surface area contributed by atoms with Gasteiger partial charge in [0, 0.05) is 11.3 Å². The molecule has 1 aliphatic carbocycles. The van der Waals surface area contributed by atoms with E-state index in [0.29, 0.717) is 10.0 Å². The van der Waals surface area contributed by atoms with Gasteiger partial charge in [-0.2, -0.15) is 10.4 Å². The first-order chi connectivity index (χ1) is 12.3. The molecule has 0 spiro atoms. The summed E-state index contributed by atoms with van der Waals surface area (Å²) >= 11 is 12.1. The predicted octanol–water partition coefficient (Wildman–Crippen LogP) is 4.29. The van der Waals surface area contributed by atoms with Crippen LogP contribution < -0.4 is 5.32 Å². The van der Waals surface area contributed by atoms with Crippen LogP contribution >= 0.6 is 23.2 Å². The Hall–Kier alpha value is -2.03. The molecule has 1 aromatic heterocycles. The number of aryl methyl sites for hydroxylation is 1. The van der Waals surface area contributed by atoms with Gasteiger partial charge in [-0.15, -0.1) is 0 Å². The first kappa shape index (κ1) is 18.8. The summed E-state index contributed by atoms with van der Waals surface area (Å²) in [6, 6.07) is 7.59. The highest BCUT2D eigenvalue weighted by Gasteiger charge is 2.35. The second kappa shape index (κ2) is 7.30. The van der Waals surface area contributed by atoms with Gasteiger partial charge in [0.2, 0.25) is 5.91 Å². The fraction of sp³-hybridized carbons (Fsp3) is 0.421. The van der Waals surface area contributed by atoms with Crippen molar-refractivity contribution in [3.63, 3.8) is 0 Å². The van der Waals surface area contributed by atoms with Crippen molar-refractivity contribution in [2.75, 3.05) is 0 Å². The van der Waals surface area contributed by atoms with Gasteiger partial charge in [0.1, 0.15) is 5.54 Å². The SMILES string of the molecule is Cc1nn(-c2ccc(Cl)c(Cl)c2)c(C)c1CC(=O)NC1(C#N)CCCC1. The Kier molecular flexibility index (Phi) is 5.27. The Morgan fingerprint density at radius 3 is 2.62 bits per heavy atom. The molecule has 1 heterocycles. The molecule has 0 atom stereocenters. The highest BCUT2D eigenvalue weighted by atomic mass is 35.5. The second-order valence-corrected chi connectivity index (χ2v) is 7.60. The molecule has 1 amide bonds. The summed E-state index contributed by atoms with van der Waals surface area (Å²) in [5.41, 5.74) is 2.59. The van der Waals surface area contributed by atoms with E-state index >= 15 is 0 Å². The first-order valence-electron chi connectivity index (χ1n) is 8.58. The zero-order valence-electron chi connectivity index (χ0n) is 14.8. The van der Waals surface area contributed by atoms with E-state index < -0.39 is 5.54 Å². The molecule has 1 aliphatic rings. The highest BCUT2D eigenvalue weighted by molar-refractivity contribution is 6.42. The van der Waals surface area contributed by atoms with Gasteiger partial charge >= 0.3 is 0 Å². The van der Waals surface area contributed by atoms with E-state index in [4.69, 9.17) is 23.2 Å². The molecule has 0 aliphatic heterocycles. The molecule has 0 unspecified atom stereocenters. The Bertz CT molecular complexity index is 892. The number of nitrogens with zero attached hydrogens (tertiary/aromatic N) is 3. The second-order valence-electron chi connectivity index (χ2n) is 6.79. The van der Waals surface area contributed by atoms with E-state index in [1.165, 1.54) is 0 Å². The van der Waals surface area contributed by atoms with Crippen LogP contribution in [0.5, 0.6) is 0 Å². The van der Waals surface area contributed by atoms with Gasteiger partial charge in [-0.1, -0.05) is 23.2 Å². The minimum absolute atomic E-state index is 0.145. The monoisotopic (exact) mass is 390 g/mol. The van der Waals surface area contributed by atoms with Gasteiger partial charge in [-0.25, -0.2) is 4.68 Å². The largest absolute Gasteiger partial charge is 0.338 e. The Morgan fingerprint density at radius 1 is 1.31 bits per heavy atom. The van der Waals surface area contributed by atoms with Gasteiger partial charge in [0.05, 0.1) is 33.9 Å². The summed E-state index contributed by atoms with van der Waals surface area (Å²) < 4.78 is 1.76. The number of hydrogen-bond donors (Lipinski definition) is 1. The molecule has 136 valence electrons.